The fourth-order valence-electron chi connectivity index (χ4n) is 2.90. The van der Waals surface area contributed by atoms with Crippen LogP contribution < -0.4 is 4.90 Å². The van der Waals surface area contributed by atoms with Crippen molar-refractivity contribution in [1.82, 2.24) is 0 Å². The number of Topliss-reactive ketones (excluding diaryl/α,β-unsaturated/α-hetero) is 1. The number of esters is 1. The third-order valence-electron chi connectivity index (χ3n) is 4.12. The molecule has 1 aliphatic heterocycles. The predicted molar refractivity (Wildman–Crippen MR) is 87.5 cm³/mol. The Morgan fingerprint density at radius 2 is 2.09 bits per heavy atom. The molecule has 1 aromatic rings. The Balaban J connectivity index is 1.58. The topological polar surface area (TPSA) is 63.7 Å². The number of carbonyl (C=O) groups is 3. The molecule has 1 saturated carbocycles. The zero-order valence-electron chi connectivity index (χ0n) is 12.8. The van der Waals surface area contributed by atoms with Crippen molar-refractivity contribution in [3.05, 3.63) is 24.3 Å². The van der Waals surface area contributed by atoms with Gasteiger partial charge < -0.3 is 9.64 Å². The van der Waals surface area contributed by atoms with Crippen LogP contribution in [0, 0.1) is 0 Å². The average Bonchev–Trinajstić information content (AvgIpc) is 2.56. The van der Waals surface area contributed by atoms with E-state index in [-0.39, 0.29) is 24.7 Å². The number of fused-ring (bicyclic) bond motifs is 1. The van der Waals surface area contributed by atoms with E-state index in [2.05, 4.69) is 0 Å². The molecule has 1 heterocycles. The Bertz CT molecular complexity index is 631. The summed E-state index contributed by atoms with van der Waals surface area (Å²) in [6.45, 7) is 0.288. The minimum atomic E-state index is -0.587. The van der Waals surface area contributed by atoms with Crippen LogP contribution >= 0.6 is 11.8 Å². The summed E-state index contributed by atoms with van der Waals surface area (Å²) in [5, 5.41) is 0. The number of anilines is 1. The summed E-state index contributed by atoms with van der Waals surface area (Å²) in [6.07, 6.45) is 2.42. The second kappa shape index (κ2) is 7.17. The number of ketones is 1. The van der Waals surface area contributed by atoms with Gasteiger partial charge in [0.15, 0.2) is 11.9 Å². The van der Waals surface area contributed by atoms with E-state index in [4.69, 9.17) is 4.74 Å². The van der Waals surface area contributed by atoms with Crippen LogP contribution in [0.25, 0.3) is 0 Å². The van der Waals surface area contributed by atoms with E-state index in [0.717, 1.165) is 23.4 Å². The quantitative estimate of drug-likeness (QED) is 0.793. The molecule has 1 fully saturated rings. The Morgan fingerprint density at radius 3 is 2.91 bits per heavy atom. The van der Waals surface area contributed by atoms with E-state index in [1.165, 1.54) is 11.8 Å². The molecule has 0 saturated heterocycles. The van der Waals surface area contributed by atoms with E-state index in [1.807, 2.05) is 24.3 Å². The molecule has 1 aliphatic carbocycles. The van der Waals surface area contributed by atoms with Gasteiger partial charge in [-0.15, -0.1) is 11.8 Å². The highest BCUT2D eigenvalue weighted by Crippen LogP contribution is 2.34. The molecule has 0 unspecified atom stereocenters. The van der Waals surface area contributed by atoms with Crippen molar-refractivity contribution in [3.8, 4) is 0 Å². The van der Waals surface area contributed by atoms with Crippen LogP contribution in [0.1, 0.15) is 32.1 Å². The summed E-state index contributed by atoms with van der Waals surface area (Å²) in [6, 6.07) is 7.67. The standard InChI is InChI=1S/C17H19NO4S/c19-13-6-2-3-7-14(13)22-17(21)9-10-18-12-5-1-4-8-15(12)23-11-16(18)20/h1,4-5,8,14H,2-3,6-7,9-11H2/t14-/m1/s1. The van der Waals surface area contributed by atoms with Gasteiger partial charge in [-0.05, 0) is 31.4 Å². The van der Waals surface area contributed by atoms with Crippen LogP contribution in [0.4, 0.5) is 5.69 Å². The fraction of sp³-hybridized carbons (Fsp3) is 0.471. The summed E-state index contributed by atoms with van der Waals surface area (Å²) in [5.41, 5.74) is 0.843. The number of ether oxygens (including phenoxy) is 1. The molecule has 0 spiro atoms. The van der Waals surface area contributed by atoms with Crippen LogP contribution in [0.5, 0.6) is 0 Å². The largest absolute Gasteiger partial charge is 0.454 e. The lowest BCUT2D eigenvalue weighted by Crippen LogP contribution is -2.38. The Morgan fingerprint density at radius 1 is 1.26 bits per heavy atom. The van der Waals surface area contributed by atoms with Gasteiger partial charge in [0.1, 0.15) is 0 Å². The third-order valence-corrected chi connectivity index (χ3v) is 5.17. The zero-order chi connectivity index (χ0) is 16.2. The molecule has 5 nitrogen and oxygen atoms in total. The Kier molecular flexibility index (Phi) is 5.00. The monoisotopic (exact) mass is 333 g/mol. The van der Waals surface area contributed by atoms with Gasteiger partial charge in [-0.2, -0.15) is 0 Å². The number of thioether (sulfide) groups is 1. The Hall–Kier alpha value is -1.82. The zero-order valence-corrected chi connectivity index (χ0v) is 13.6. The van der Waals surface area contributed by atoms with Crippen molar-refractivity contribution >= 4 is 35.1 Å². The first-order valence-electron chi connectivity index (χ1n) is 7.89. The summed E-state index contributed by atoms with van der Waals surface area (Å²) in [7, 11) is 0. The van der Waals surface area contributed by atoms with Crippen LogP contribution in [-0.2, 0) is 19.1 Å². The molecule has 0 radical (unpaired) electrons. The van der Waals surface area contributed by atoms with E-state index in [0.29, 0.717) is 18.6 Å². The molecule has 0 aromatic heterocycles. The molecule has 0 N–H and O–H groups in total. The highest BCUT2D eigenvalue weighted by atomic mass is 32.2. The minimum Gasteiger partial charge on any atom is -0.454 e. The van der Waals surface area contributed by atoms with Crippen LogP contribution in [0.2, 0.25) is 0 Å². The summed E-state index contributed by atoms with van der Waals surface area (Å²) in [5.74, 6) is -0.0166. The molecule has 0 bridgehead atoms. The fourth-order valence-corrected chi connectivity index (χ4v) is 3.83. The highest BCUT2D eigenvalue weighted by molar-refractivity contribution is 8.00. The van der Waals surface area contributed by atoms with E-state index >= 15 is 0 Å². The van der Waals surface area contributed by atoms with Gasteiger partial charge in [0.05, 0.1) is 17.9 Å². The molecular weight excluding hydrogens is 314 g/mol. The van der Waals surface area contributed by atoms with Crippen LogP contribution in [-0.4, -0.2) is 36.1 Å². The SMILES string of the molecule is O=C(CCN1C(=O)CSc2ccccc21)O[C@@H]1CCCCC1=O. The van der Waals surface area contributed by atoms with Gasteiger partial charge >= 0.3 is 5.97 Å². The highest BCUT2D eigenvalue weighted by Gasteiger charge is 2.28. The molecule has 122 valence electrons. The number of nitrogens with zero attached hydrogens (tertiary/aromatic N) is 1. The predicted octanol–water partition coefficient (Wildman–Crippen LogP) is 2.57. The number of carbonyl (C=O) groups excluding carboxylic acids is 3. The first kappa shape index (κ1) is 16.1. The molecule has 1 aromatic carbocycles. The van der Waals surface area contributed by atoms with E-state index < -0.39 is 12.1 Å². The number of para-hydroxylation sites is 1. The molecule has 1 atom stereocenters. The lowest BCUT2D eigenvalue weighted by atomic mass is 9.96. The van der Waals surface area contributed by atoms with Crippen molar-refractivity contribution in [2.24, 2.45) is 0 Å². The molecular formula is C17H19NO4S. The lowest BCUT2D eigenvalue weighted by molar-refractivity contribution is -0.156. The van der Waals surface area contributed by atoms with E-state index in [1.54, 1.807) is 4.90 Å². The molecule has 3 rings (SSSR count). The van der Waals surface area contributed by atoms with Crippen molar-refractivity contribution < 1.29 is 19.1 Å². The van der Waals surface area contributed by atoms with Crippen LogP contribution in [0.3, 0.4) is 0 Å². The van der Waals surface area contributed by atoms with Crippen molar-refractivity contribution in [1.29, 1.82) is 0 Å². The van der Waals surface area contributed by atoms with Gasteiger partial charge in [-0.25, -0.2) is 0 Å². The van der Waals surface area contributed by atoms with Gasteiger partial charge in [0.2, 0.25) is 5.91 Å². The van der Waals surface area contributed by atoms with Crippen LogP contribution in [0.15, 0.2) is 29.2 Å². The normalized spacial score (nSPS) is 21.0. The summed E-state index contributed by atoms with van der Waals surface area (Å²) >= 11 is 1.51. The molecule has 2 aliphatic rings. The number of rotatable bonds is 4. The minimum absolute atomic E-state index is 0.00440. The first-order valence-corrected chi connectivity index (χ1v) is 8.88. The van der Waals surface area contributed by atoms with Gasteiger partial charge in [-0.1, -0.05) is 12.1 Å². The van der Waals surface area contributed by atoms with Gasteiger partial charge in [-0.3, -0.25) is 14.4 Å². The first-order chi connectivity index (χ1) is 11.1. The second-order valence-corrected chi connectivity index (χ2v) is 6.76. The second-order valence-electron chi connectivity index (χ2n) is 5.74. The molecule has 6 heteroatoms. The molecule has 1 amide bonds. The third kappa shape index (κ3) is 3.75. The summed E-state index contributed by atoms with van der Waals surface area (Å²) < 4.78 is 5.29. The number of hydrogen-bond donors (Lipinski definition) is 0. The number of hydrogen-bond acceptors (Lipinski definition) is 5. The van der Waals surface area contributed by atoms with Crippen molar-refractivity contribution in [2.45, 2.75) is 43.1 Å². The summed E-state index contributed by atoms with van der Waals surface area (Å²) in [4.78, 5) is 38.5. The maximum Gasteiger partial charge on any atom is 0.308 e. The maximum absolute atomic E-state index is 12.1. The van der Waals surface area contributed by atoms with Gasteiger partial charge in [0.25, 0.3) is 0 Å². The maximum atomic E-state index is 12.1. The average molecular weight is 333 g/mol. The smallest absolute Gasteiger partial charge is 0.308 e. The number of amides is 1. The van der Waals surface area contributed by atoms with Crippen molar-refractivity contribution in [2.75, 3.05) is 17.2 Å². The number of benzene rings is 1. The Labute approximate surface area is 139 Å². The van der Waals surface area contributed by atoms with Gasteiger partial charge in [0, 0.05) is 17.9 Å². The van der Waals surface area contributed by atoms with Crippen molar-refractivity contribution in [3.63, 3.8) is 0 Å². The lowest BCUT2D eigenvalue weighted by Gasteiger charge is -2.29. The molecule has 23 heavy (non-hydrogen) atoms. The van der Waals surface area contributed by atoms with E-state index in [9.17, 15) is 14.4 Å².